The van der Waals surface area contributed by atoms with E-state index < -0.39 is 10.0 Å². The Bertz CT molecular complexity index is 709. The van der Waals surface area contributed by atoms with Crippen molar-refractivity contribution in [3.05, 3.63) is 48.0 Å². The number of aromatic nitrogens is 2. The van der Waals surface area contributed by atoms with Crippen molar-refractivity contribution in [1.82, 2.24) is 14.7 Å². The highest BCUT2D eigenvalue weighted by Gasteiger charge is 2.14. The van der Waals surface area contributed by atoms with E-state index in [0.717, 1.165) is 5.82 Å². The lowest BCUT2D eigenvalue weighted by Gasteiger charge is -2.07. The highest BCUT2D eigenvalue weighted by molar-refractivity contribution is 7.89. The first-order valence-corrected chi connectivity index (χ1v) is 8.06. The third-order valence-corrected chi connectivity index (χ3v) is 4.45. The minimum Gasteiger partial charge on any atom is -0.349 e. The molecule has 0 aliphatic carbocycles. The number of hydrogen-bond acceptors (Lipinski definition) is 4. The number of ketones is 1. The molecule has 6 nitrogen and oxygen atoms in total. The molecule has 0 spiro atoms. The van der Waals surface area contributed by atoms with Crippen molar-refractivity contribution in [3.8, 4) is 0 Å². The molecule has 1 aromatic heterocycles. The average Bonchev–Trinajstić information content (AvgIpc) is 2.97. The maximum Gasteiger partial charge on any atom is 0.240 e. The van der Waals surface area contributed by atoms with Crippen LogP contribution < -0.4 is 4.72 Å². The number of sulfonamides is 1. The van der Waals surface area contributed by atoms with Gasteiger partial charge in [0.2, 0.25) is 10.0 Å². The van der Waals surface area contributed by atoms with Crippen LogP contribution in [0.25, 0.3) is 0 Å². The Morgan fingerprint density at radius 1 is 1.38 bits per heavy atom. The van der Waals surface area contributed by atoms with Gasteiger partial charge in [-0.25, -0.2) is 18.1 Å². The Labute approximate surface area is 123 Å². The number of aromatic amines is 1. The number of nitrogens with one attached hydrogen (secondary N) is 2. The van der Waals surface area contributed by atoms with Gasteiger partial charge < -0.3 is 4.98 Å². The maximum atomic E-state index is 12.1. The van der Waals surface area contributed by atoms with E-state index in [4.69, 9.17) is 0 Å². The van der Waals surface area contributed by atoms with E-state index >= 15 is 0 Å². The second kappa shape index (κ2) is 6.64. The van der Waals surface area contributed by atoms with Gasteiger partial charge in [0, 0.05) is 30.9 Å². The standard InChI is InChI=1S/C14H17N3O3S/c1-11(18)12-4-2-5-13(10-12)21(19,20)17-7-3-6-14-15-8-9-16-14/h2,4-5,8-10,17H,3,6-7H2,1H3,(H,15,16). The van der Waals surface area contributed by atoms with Crippen LogP contribution in [-0.2, 0) is 16.4 Å². The van der Waals surface area contributed by atoms with Crippen molar-refractivity contribution in [2.75, 3.05) is 6.54 Å². The van der Waals surface area contributed by atoms with Crippen LogP contribution in [0, 0.1) is 0 Å². The molecule has 112 valence electrons. The van der Waals surface area contributed by atoms with E-state index in [1.54, 1.807) is 24.5 Å². The van der Waals surface area contributed by atoms with Crippen molar-refractivity contribution in [2.24, 2.45) is 0 Å². The fourth-order valence-electron chi connectivity index (χ4n) is 1.86. The summed E-state index contributed by atoms with van der Waals surface area (Å²) in [4.78, 5) is 18.4. The molecule has 0 aliphatic rings. The van der Waals surface area contributed by atoms with Gasteiger partial charge in [-0.2, -0.15) is 0 Å². The van der Waals surface area contributed by atoms with E-state index in [1.807, 2.05) is 0 Å². The molecule has 0 bridgehead atoms. The van der Waals surface area contributed by atoms with E-state index in [1.165, 1.54) is 19.1 Å². The number of carbonyl (C=O) groups is 1. The summed E-state index contributed by atoms with van der Waals surface area (Å²) in [5, 5.41) is 0. The number of H-pyrrole nitrogens is 1. The molecule has 2 rings (SSSR count). The van der Waals surface area contributed by atoms with E-state index in [2.05, 4.69) is 14.7 Å². The highest BCUT2D eigenvalue weighted by atomic mass is 32.2. The van der Waals surface area contributed by atoms with Gasteiger partial charge in [-0.3, -0.25) is 4.79 Å². The van der Waals surface area contributed by atoms with Crippen molar-refractivity contribution in [1.29, 1.82) is 0 Å². The topological polar surface area (TPSA) is 91.9 Å². The molecule has 2 N–H and O–H groups in total. The summed E-state index contributed by atoms with van der Waals surface area (Å²) >= 11 is 0. The molecule has 7 heteroatoms. The van der Waals surface area contributed by atoms with Crippen LogP contribution in [0.3, 0.4) is 0 Å². The summed E-state index contributed by atoms with van der Waals surface area (Å²) in [5.41, 5.74) is 0.383. The monoisotopic (exact) mass is 307 g/mol. The van der Waals surface area contributed by atoms with Crippen LogP contribution in [0.5, 0.6) is 0 Å². The van der Waals surface area contributed by atoms with Gasteiger partial charge in [0.05, 0.1) is 4.90 Å². The molecule has 0 amide bonds. The Morgan fingerprint density at radius 2 is 2.19 bits per heavy atom. The normalized spacial score (nSPS) is 11.5. The first kappa shape index (κ1) is 15.4. The third-order valence-electron chi connectivity index (χ3n) is 2.99. The first-order chi connectivity index (χ1) is 9.99. The van der Waals surface area contributed by atoms with Crippen molar-refractivity contribution in [2.45, 2.75) is 24.7 Å². The summed E-state index contributed by atoms with van der Waals surface area (Å²) in [6.45, 7) is 1.72. The number of hydrogen-bond donors (Lipinski definition) is 2. The van der Waals surface area contributed by atoms with Gasteiger partial charge in [-0.05, 0) is 25.5 Å². The molecule has 0 radical (unpaired) electrons. The molecule has 1 heterocycles. The molecule has 1 aromatic carbocycles. The fraction of sp³-hybridized carbons (Fsp3) is 0.286. The Kier molecular flexibility index (Phi) is 4.87. The van der Waals surface area contributed by atoms with E-state index in [9.17, 15) is 13.2 Å². The molecule has 0 aliphatic heterocycles. The Hall–Kier alpha value is -1.99. The van der Waals surface area contributed by atoms with Gasteiger partial charge in [0.1, 0.15) is 5.82 Å². The molecule has 0 fully saturated rings. The van der Waals surface area contributed by atoms with E-state index in [0.29, 0.717) is 24.9 Å². The summed E-state index contributed by atoms with van der Waals surface area (Å²) in [6, 6.07) is 6.02. The fourth-order valence-corrected chi connectivity index (χ4v) is 2.98. The van der Waals surface area contributed by atoms with Crippen LogP contribution >= 0.6 is 0 Å². The maximum absolute atomic E-state index is 12.1. The summed E-state index contributed by atoms with van der Waals surface area (Å²) in [5.74, 6) is 0.664. The van der Waals surface area contributed by atoms with Crippen molar-refractivity contribution >= 4 is 15.8 Å². The third kappa shape index (κ3) is 4.24. The minimum absolute atomic E-state index is 0.105. The smallest absolute Gasteiger partial charge is 0.240 e. The number of Topliss-reactive ketones (excluding diaryl/α,β-unsaturated/α-hetero) is 1. The molecule has 0 atom stereocenters. The van der Waals surface area contributed by atoms with Crippen LogP contribution in [-0.4, -0.2) is 30.7 Å². The number of rotatable bonds is 7. The lowest BCUT2D eigenvalue weighted by Crippen LogP contribution is -2.25. The van der Waals surface area contributed by atoms with Gasteiger partial charge in [0.15, 0.2) is 5.78 Å². The number of aryl methyl sites for hydroxylation is 1. The van der Waals surface area contributed by atoms with Crippen LogP contribution in [0.4, 0.5) is 0 Å². The number of nitrogens with zero attached hydrogens (tertiary/aromatic N) is 1. The predicted octanol–water partition coefficient (Wildman–Crippen LogP) is 1.52. The zero-order chi connectivity index (χ0) is 15.3. The van der Waals surface area contributed by atoms with Gasteiger partial charge >= 0.3 is 0 Å². The summed E-state index contributed by atoms with van der Waals surface area (Å²) < 4.78 is 26.8. The molecule has 0 saturated carbocycles. The minimum atomic E-state index is -3.59. The molecule has 21 heavy (non-hydrogen) atoms. The first-order valence-electron chi connectivity index (χ1n) is 6.58. The number of imidazole rings is 1. The molecular weight excluding hydrogens is 290 g/mol. The largest absolute Gasteiger partial charge is 0.349 e. The summed E-state index contributed by atoms with van der Waals surface area (Å²) in [7, 11) is -3.59. The van der Waals surface area contributed by atoms with Crippen molar-refractivity contribution in [3.63, 3.8) is 0 Å². The van der Waals surface area contributed by atoms with Crippen LogP contribution in [0.2, 0.25) is 0 Å². The molecule has 2 aromatic rings. The zero-order valence-electron chi connectivity index (χ0n) is 11.7. The molecular formula is C14H17N3O3S. The predicted molar refractivity (Wildman–Crippen MR) is 78.5 cm³/mol. The van der Waals surface area contributed by atoms with Gasteiger partial charge in [-0.15, -0.1) is 0 Å². The Balaban J connectivity index is 1.95. The lowest BCUT2D eigenvalue weighted by atomic mass is 10.2. The second-order valence-electron chi connectivity index (χ2n) is 4.62. The molecule has 0 unspecified atom stereocenters. The molecule has 0 saturated heterocycles. The number of carbonyl (C=O) groups excluding carboxylic acids is 1. The average molecular weight is 307 g/mol. The number of benzene rings is 1. The SMILES string of the molecule is CC(=O)c1cccc(S(=O)(=O)NCCCc2ncc[nH]2)c1. The zero-order valence-corrected chi connectivity index (χ0v) is 12.5. The van der Waals surface area contributed by atoms with Gasteiger partial charge in [0.25, 0.3) is 0 Å². The van der Waals surface area contributed by atoms with Crippen molar-refractivity contribution < 1.29 is 13.2 Å². The van der Waals surface area contributed by atoms with Crippen LogP contribution in [0.1, 0.15) is 29.5 Å². The van der Waals surface area contributed by atoms with Gasteiger partial charge in [-0.1, -0.05) is 12.1 Å². The highest BCUT2D eigenvalue weighted by Crippen LogP contribution is 2.12. The second-order valence-corrected chi connectivity index (χ2v) is 6.39. The Morgan fingerprint density at radius 3 is 2.86 bits per heavy atom. The summed E-state index contributed by atoms with van der Waals surface area (Å²) in [6.07, 6.45) is 4.70. The quantitative estimate of drug-likeness (QED) is 0.599. The van der Waals surface area contributed by atoms with E-state index in [-0.39, 0.29) is 10.7 Å². The lowest BCUT2D eigenvalue weighted by molar-refractivity contribution is 0.101. The van der Waals surface area contributed by atoms with Crippen LogP contribution in [0.15, 0.2) is 41.6 Å².